The Hall–Kier alpha value is -2.49. The summed E-state index contributed by atoms with van der Waals surface area (Å²) >= 11 is 0. The monoisotopic (exact) mass is 487 g/mol. The Labute approximate surface area is 218 Å². The highest BCUT2D eigenvalue weighted by Gasteiger charge is 2.43. The van der Waals surface area contributed by atoms with Crippen LogP contribution < -0.4 is 0 Å². The van der Waals surface area contributed by atoms with E-state index >= 15 is 0 Å². The van der Waals surface area contributed by atoms with Crippen LogP contribution in [0.5, 0.6) is 0 Å². The molecule has 1 saturated carbocycles. The summed E-state index contributed by atoms with van der Waals surface area (Å²) < 4.78 is 0. The Morgan fingerprint density at radius 3 is 2.81 bits per heavy atom. The topological polar surface area (TPSA) is 58.6 Å². The van der Waals surface area contributed by atoms with E-state index in [-0.39, 0.29) is 11.7 Å². The number of nitrogens with zero attached hydrogens (tertiary/aromatic N) is 2. The van der Waals surface area contributed by atoms with Gasteiger partial charge in [-0.05, 0) is 86.7 Å². The molecule has 36 heavy (non-hydrogen) atoms. The minimum atomic E-state index is 0.0779. The number of hydrogen-bond donors (Lipinski definition) is 1. The number of aromatic amines is 1. The summed E-state index contributed by atoms with van der Waals surface area (Å²) in [7, 11) is 0. The molecule has 0 spiro atoms. The van der Waals surface area contributed by atoms with Crippen LogP contribution in [-0.4, -0.2) is 21.0 Å². The fourth-order valence-corrected chi connectivity index (χ4v) is 5.90. The van der Waals surface area contributed by atoms with Gasteiger partial charge in [0.25, 0.3) is 0 Å². The lowest BCUT2D eigenvalue weighted by molar-refractivity contribution is 0.0872. The highest BCUT2D eigenvalue weighted by Crippen LogP contribution is 2.54. The molecule has 1 heterocycles. The summed E-state index contributed by atoms with van der Waals surface area (Å²) in [6.07, 6.45) is 33.9. The van der Waals surface area contributed by atoms with E-state index in [1.807, 2.05) is 0 Å². The van der Waals surface area contributed by atoms with E-state index in [2.05, 4.69) is 71.6 Å². The molecule has 0 aliphatic heterocycles. The highest BCUT2D eigenvalue weighted by atomic mass is 16.1. The SMILES string of the molecule is CCC1(CC(CCCCCCC2=C3C=CC=CCC3=CCC(C)C=CCC2)C(=O)c2ncn[nH]2)CC1. The van der Waals surface area contributed by atoms with Gasteiger partial charge in [-0.1, -0.05) is 87.6 Å². The van der Waals surface area contributed by atoms with Gasteiger partial charge in [-0.3, -0.25) is 9.89 Å². The second-order valence-electron chi connectivity index (χ2n) is 11.3. The average molecular weight is 488 g/mol. The standard InChI is InChI=1S/C32H45N3O/c1-3-32(21-22-32)23-28(30(36)31-33-24-34-35-31)17-8-5-4-7-14-26-16-12-11-13-25(2)19-20-27-15-9-6-10-18-29(26)27/h6,9-11,13,18,20,24-25,28H,3-5,7-8,12,14-17,19,21-23H2,1-2H3,(H,33,34,35). The van der Waals surface area contributed by atoms with Crippen LogP contribution in [0.4, 0.5) is 0 Å². The first-order valence-electron chi connectivity index (χ1n) is 14.4. The zero-order valence-electron chi connectivity index (χ0n) is 22.5. The maximum Gasteiger partial charge on any atom is 0.202 e. The molecular formula is C32H45N3O. The van der Waals surface area contributed by atoms with Crippen molar-refractivity contribution in [1.29, 1.82) is 0 Å². The second-order valence-corrected chi connectivity index (χ2v) is 11.3. The molecule has 1 N–H and O–H groups in total. The predicted molar refractivity (Wildman–Crippen MR) is 149 cm³/mol. The van der Waals surface area contributed by atoms with E-state index in [1.165, 1.54) is 62.4 Å². The van der Waals surface area contributed by atoms with Gasteiger partial charge in [0, 0.05) is 5.92 Å². The fraction of sp³-hybridized carbons (Fsp3) is 0.594. The molecule has 4 heteroatoms. The molecule has 0 saturated heterocycles. The third kappa shape index (κ3) is 7.51. The van der Waals surface area contributed by atoms with Crippen LogP contribution in [-0.2, 0) is 0 Å². The largest absolute Gasteiger partial charge is 0.290 e. The smallest absolute Gasteiger partial charge is 0.202 e. The number of unbranched alkanes of at least 4 members (excludes halogenated alkanes) is 3. The van der Waals surface area contributed by atoms with E-state index in [4.69, 9.17) is 0 Å². The zero-order chi connectivity index (χ0) is 25.2. The van der Waals surface area contributed by atoms with Gasteiger partial charge < -0.3 is 0 Å². The molecule has 2 unspecified atom stereocenters. The zero-order valence-corrected chi connectivity index (χ0v) is 22.5. The first-order valence-corrected chi connectivity index (χ1v) is 14.4. The maximum atomic E-state index is 13.1. The molecule has 0 radical (unpaired) electrons. The van der Waals surface area contributed by atoms with E-state index in [1.54, 1.807) is 5.57 Å². The van der Waals surface area contributed by atoms with E-state index in [0.29, 0.717) is 17.2 Å². The Morgan fingerprint density at radius 2 is 2.03 bits per heavy atom. The van der Waals surface area contributed by atoms with Crippen LogP contribution >= 0.6 is 0 Å². The van der Waals surface area contributed by atoms with Crippen molar-refractivity contribution in [2.24, 2.45) is 17.3 Å². The van der Waals surface area contributed by atoms with Gasteiger partial charge in [0.05, 0.1) is 0 Å². The molecule has 1 fully saturated rings. The predicted octanol–water partition coefficient (Wildman–Crippen LogP) is 8.64. The van der Waals surface area contributed by atoms with Gasteiger partial charge in [0.15, 0.2) is 5.82 Å². The minimum Gasteiger partial charge on any atom is -0.290 e. The van der Waals surface area contributed by atoms with Gasteiger partial charge >= 0.3 is 0 Å². The molecule has 0 aromatic carbocycles. The first kappa shape index (κ1) is 26.6. The molecule has 3 aliphatic carbocycles. The Balaban J connectivity index is 1.30. The van der Waals surface area contributed by atoms with Crippen LogP contribution in [0.1, 0.15) is 114 Å². The molecule has 1 aromatic heterocycles. The summed E-state index contributed by atoms with van der Waals surface area (Å²) in [6.45, 7) is 4.59. The molecule has 0 bridgehead atoms. The Bertz CT molecular complexity index is 1000. The summed E-state index contributed by atoms with van der Waals surface area (Å²) in [5, 5.41) is 6.71. The van der Waals surface area contributed by atoms with Crippen molar-refractivity contribution >= 4 is 5.78 Å². The van der Waals surface area contributed by atoms with E-state index in [9.17, 15) is 4.79 Å². The molecule has 4 nitrogen and oxygen atoms in total. The summed E-state index contributed by atoms with van der Waals surface area (Å²) in [4.78, 5) is 17.2. The number of aromatic nitrogens is 3. The number of ketones is 1. The molecular weight excluding hydrogens is 442 g/mol. The van der Waals surface area contributed by atoms with Crippen LogP contribution in [0.2, 0.25) is 0 Å². The van der Waals surface area contributed by atoms with Gasteiger partial charge in [-0.2, -0.15) is 5.10 Å². The summed E-state index contributed by atoms with van der Waals surface area (Å²) in [5.74, 6) is 1.29. The number of nitrogens with one attached hydrogen (secondary N) is 1. The summed E-state index contributed by atoms with van der Waals surface area (Å²) in [6, 6.07) is 0. The normalized spacial score (nSPS) is 22.1. The molecule has 0 amide bonds. The first-order chi connectivity index (χ1) is 17.6. The molecule has 194 valence electrons. The van der Waals surface area contributed by atoms with Gasteiger partial charge in [0.2, 0.25) is 5.78 Å². The maximum absolute atomic E-state index is 13.1. The van der Waals surface area contributed by atoms with E-state index in [0.717, 1.165) is 44.9 Å². The molecule has 2 atom stereocenters. The van der Waals surface area contributed by atoms with Crippen molar-refractivity contribution in [3.05, 3.63) is 71.4 Å². The number of carbonyl (C=O) groups is 1. The average Bonchev–Trinajstić information content (AvgIpc) is 3.53. The van der Waals surface area contributed by atoms with Gasteiger partial charge in [-0.15, -0.1) is 0 Å². The van der Waals surface area contributed by atoms with Crippen molar-refractivity contribution in [2.45, 2.75) is 104 Å². The van der Waals surface area contributed by atoms with Crippen LogP contribution in [0.25, 0.3) is 0 Å². The Morgan fingerprint density at radius 1 is 1.17 bits per heavy atom. The fourth-order valence-electron chi connectivity index (χ4n) is 5.90. The van der Waals surface area contributed by atoms with Crippen LogP contribution in [0.3, 0.4) is 0 Å². The number of allylic oxidation sites excluding steroid dienone is 10. The second kappa shape index (κ2) is 13.2. The number of fused-ring (bicyclic) bond motifs is 1. The lowest BCUT2D eigenvalue weighted by atomic mass is 9.83. The van der Waals surface area contributed by atoms with Crippen LogP contribution in [0.15, 0.2) is 65.6 Å². The lowest BCUT2D eigenvalue weighted by Gasteiger charge is -2.20. The highest BCUT2D eigenvalue weighted by molar-refractivity contribution is 5.94. The number of rotatable bonds is 12. The molecule has 3 aliphatic rings. The third-order valence-electron chi connectivity index (χ3n) is 8.57. The number of H-pyrrole nitrogens is 1. The van der Waals surface area contributed by atoms with Crippen LogP contribution in [0, 0.1) is 17.3 Å². The van der Waals surface area contributed by atoms with Gasteiger partial charge in [0.1, 0.15) is 6.33 Å². The lowest BCUT2D eigenvalue weighted by Crippen LogP contribution is -2.20. The molecule has 4 rings (SSSR count). The summed E-state index contributed by atoms with van der Waals surface area (Å²) in [5.41, 5.74) is 5.03. The Kier molecular flexibility index (Phi) is 9.72. The number of Topliss-reactive ketones (excluding diaryl/α,β-unsaturated/α-hetero) is 1. The quantitative estimate of drug-likeness (QED) is 0.182. The van der Waals surface area contributed by atoms with Crippen molar-refractivity contribution in [3.63, 3.8) is 0 Å². The third-order valence-corrected chi connectivity index (χ3v) is 8.57. The van der Waals surface area contributed by atoms with Crippen molar-refractivity contribution in [3.8, 4) is 0 Å². The molecule has 1 aromatic rings. The number of hydrogen-bond acceptors (Lipinski definition) is 3. The minimum absolute atomic E-state index is 0.0779. The van der Waals surface area contributed by atoms with E-state index < -0.39 is 0 Å². The van der Waals surface area contributed by atoms with Crippen molar-refractivity contribution in [2.75, 3.05) is 0 Å². The number of carbonyl (C=O) groups excluding carboxylic acids is 1. The van der Waals surface area contributed by atoms with Gasteiger partial charge in [-0.25, -0.2) is 4.98 Å². The van der Waals surface area contributed by atoms with Crippen molar-refractivity contribution in [1.82, 2.24) is 15.2 Å². The van der Waals surface area contributed by atoms with Crippen molar-refractivity contribution < 1.29 is 4.79 Å².